The van der Waals surface area contributed by atoms with E-state index in [2.05, 4.69) is 0 Å². The highest BCUT2D eigenvalue weighted by Crippen LogP contribution is 2.39. The van der Waals surface area contributed by atoms with Crippen molar-refractivity contribution in [3.8, 4) is 5.75 Å². The Morgan fingerprint density at radius 1 is 1.08 bits per heavy atom. The Morgan fingerprint density at radius 2 is 1.72 bits per heavy atom. The molecule has 0 spiro atoms. The van der Waals surface area contributed by atoms with Gasteiger partial charge in [0.05, 0.1) is 18.4 Å². The second-order valence-corrected chi connectivity index (χ2v) is 5.71. The molecule has 1 amide bonds. The highest BCUT2D eigenvalue weighted by atomic mass is 16.5. The predicted octanol–water partition coefficient (Wildman–Crippen LogP) is 3.12. The van der Waals surface area contributed by atoms with E-state index in [1.165, 1.54) is 18.9 Å². The number of ketones is 1. The third kappa shape index (κ3) is 2.98. The first-order valence-electron chi connectivity index (χ1n) is 7.76. The fraction of sp³-hybridized carbons (Fsp3) is 0.211. The van der Waals surface area contributed by atoms with Gasteiger partial charge in [0, 0.05) is 11.3 Å². The first-order chi connectivity index (χ1) is 11.9. The van der Waals surface area contributed by atoms with Crippen LogP contribution in [0.25, 0.3) is 0 Å². The Morgan fingerprint density at radius 3 is 2.32 bits per heavy atom. The number of hydrogen-bond acceptors (Lipinski definition) is 5. The molecule has 0 saturated carbocycles. The number of nitrogens with zero attached hydrogens (tertiary/aromatic N) is 1. The Balaban J connectivity index is 2.10. The average Bonchev–Trinajstić information content (AvgIpc) is 2.62. The van der Waals surface area contributed by atoms with Gasteiger partial charge in [-0.25, -0.2) is 4.79 Å². The highest BCUT2D eigenvalue weighted by molar-refractivity contribution is 6.07. The van der Waals surface area contributed by atoms with Crippen molar-refractivity contribution >= 4 is 29.0 Å². The minimum Gasteiger partial charge on any atom is -0.479 e. The Bertz CT molecular complexity index is 857. The molecule has 0 fully saturated rings. The first kappa shape index (κ1) is 16.7. The molecule has 0 aromatic heterocycles. The summed E-state index contributed by atoms with van der Waals surface area (Å²) < 4.78 is 10.4. The van der Waals surface area contributed by atoms with Crippen LogP contribution in [0.5, 0.6) is 5.75 Å². The van der Waals surface area contributed by atoms with Crippen molar-refractivity contribution in [1.82, 2.24) is 0 Å². The summed E-state index contributed by atoms with van der Waals surface area (Å²) in [4.78, 5) is 37.4. The molecule has 1 unspecified atom stereocenters. The Hall–Kier alpha value is -3.15. The topological polar surface area (TPSA) is 72.9 Å². The molecule has 1 aliphatic rings. The van der Waals surface area contributed by atoms with Gasteiger partial charge in [0.15, 0.2) is 11.9 Å². The molecular formula is C19H17NO5. The normalized spacial score (nSPS) is 16.0. The number of esters is 1. The summed E-state index contributed by atoms with van der Waals surface area (Å²) >= 11 is 0. The number of benzene rings is 2. The standard InChI is InChI=1S/C19H17NO5/c1-11(21)13-4-7-15(8-5-13)20-16-10-14(19(23)24-3)6-9-17(16)25-12(2)18(20)22/h4-10,12H,1-3H3. The molecule has 1 atom stereocenters. The molecule has 0 saturated heterocycles. The zero-order valence-corrected chi connectivity index (χ0v) is 14.1. The van der Waals surface area contributed by atoms with E-state index < -0.39 is 12.1 Å². The number of methoxy groups -OCH3 is 1. The molecule has 0 radical (unpaired) electrons. The van der Waals surface area contributed by atoms with Crippen LogP contribution in [-0.2, 0) is 9.53 Å². The lowest BCUT2D eigenvalue weighted by Crippen LogP contribution is -2.41. The van der Waals surface area contributed by atoms with Crippen LogP contribution in [0.4, 0.5) is 11.4 Å². The van der Waals surface area contributed by atoms with E-state index in [9.17, 15) is 14.4 Å². The van der Waals surface area contributed by atoms with Crippen molar-refractivity contribution in [1.29, 1.82) is 0 Å². The van der Waals surface area contributed by atoms with Gasteiger partial charge in [-0.15, -0.1) is 0 Å². The predicted molar refractivity (Wildman–Crippen MR) is 91.5 cm³/mol. The third-order valence-corrected chi connectivity index (χ3v) is 4.02. The van der Waals surface area contributed by atoms with Crippen LogP contribution in [0.2, 0.25) is 0 Å². The van der Waals surface area contributed by atoms with Crippen LogP contribution in [-0.4, -0.2) is 30.9 Å². The van der Waals surface area contributed by atoms with E-state index in [-0.39, 0.29) is 11.7 Å². The lowest BCUT2D eigenvalue weighted by molar-refractivity contribution is -0.124. The number of hydrogen-bond donors (Lipinski definition) is 0. The highest BCUT2D eigenvalue weighted by Gasteiger charge is 2.33. The third-order valence-electron chi connectivity index (χ3n) is 4.02. The van der Waals surface area contributed by atoms with Crippen molar-refractivity contribution in [2.75, 3.05) is 12.0 Å². The van der Waals surface area contributed by atoms with E-state index in [4.69, 9.17) is 9.47 Å². The lowest BCUT2D eigenvalue weighted by Gasteiger charge is -2.33. The summed E-state index contributed by atoms with van der Waals surface area (Å²) in [5.41, 5.74) is 1.92. The second kappa shape index (κ2) is 6.39. The summed E-state index contributed by atoms with van der Waals surface area (Å²) in [6, 6.07) is 11.5. The van der Waals surface area contributed by atoms with Crippen LogP contribution >= 0.6 is 0 Å². The fourth-order valence-corrected chi connectivity index (χ4v) is 2.69. The molecule has 0 bridgehead atoms. The van der Waals surface area contributed by atoms with Gasteiger partial charge in [-0.2, -0.15) is 0 Å². The number of anilines is 2. The maximum atomic E-state index is 12.7. The Labute approximate surface area is 145 Å². The van der Waals surface area contributed by atoms with Crippen molar-refractivity contribution in [2.45, 2.75) is 20.0 Å². The van der Waals surface area contributed by atoms with Crippen molar-refractivity contribution in [2.24, 2.45) is 0 Å². The summed E-state index contributed by atoms with van der Waals surface area (Å²) in [7, 11) is 1.30. The van der Waals surface area contributed by atoms with E-state index in [1.807, 2.05) is 0 Å². The van der Waals surface area contributed by atoms with E-state index >= 15 is 0 Å². The zero-order valence-electron chi connectivity index (χ0n) is 14.1. The smallest absolute Gasteiger partial charge is 0.337 e. The van der Waals surface area contributed by atoms with Gasteiger partial charge in [-0.1, -0.05) is 0 Å². The van der Waals surface area contributed by atoms with Crippen LogP contribution in [0, 0.1) is 0 Å². The number of fused-ring (bicyclic) bond motifs is 1. The number of carbonyl (C=O) groups is 3. The zero-order chi connectivity index (χ0) is 18.1. The lowest BCUT2D eigenvalue weighted by atomic mass is 10.1. The van der Waals surface area contributed by atoms with Crippen LogP contribution in [0.1, 0.15) is 34.6 Å². The van der Waals surface area contributed by atoms with Gasteiger partial charge in [-0.05, 0) is 56.3 Å². The Kier molecular flexibility index (Phi) is 4.27. The molecular weight excluding hydrogens is 322 g/mol. The van der Waals surface area contributed by atoms with Crippen molar-refractivity contribution < 1.29 is 23.9 Å². The fourth-order valence-electron chi connectivity index (χ4n) is 2.69. The molecule has 6 heteroatoms. The molecule has 6 nitrogen and oxygen atoms in total. The summed E-state index contributed by atoms with van der Waals surface area (Å²) in [6.45, 7) is 3.14. The molecule has 25 heavy (non-hydrogen) atoms. The molecule has 0 aliphatic carbocycles. The number of ether oxygens (including phenoxy) is 2. The molecule has 0 N–H and O–H groups in total. The number of Topliss-reactive ketones (excluding diaryl/α,β-unsaturated/α-hetero) is 1. The average molecular weight is 339 g/mol. The van der Waals surface area contributed by atoms with Gasteiger partial charge in [0.2, 0.25) is 0 Å². The summed E-state index contributed by atoms with van der Waals surface area (Å²) in [5.74, 6) is -0.317. The minimum absolute atomic E-state index is 0.0541. The second-order valence-electron chi connectivity index (χ2n) is 5.71. The summed E-state index contributed by atoms with van der Waals surface area (Å²) in [6.07, 6.45) is -0.663. The number of carbonyl (C=O) groups excluding carboxylic acids is 3. The van der Waals surface area contributed by atoms with Gasteiger partial charge in [0.25, 0.3) is 5.91 Å². The summed E-state index contributed by atoms with van der Waals surface area (Å²) in [5, 5.41) is 0. The van der Waals surface area contributed by atoms with E-state index in [0.717, 1.165) is 0 Å². The van der Waals surface area contributed by atoms with Crippen molar-refractivity contribution in [3.63, 3.8) is 0 Å². The SMILES string of the molecule is COC(=O)c1ccc2c(c1)N(c1ccc(C(C)=O)cc1)C(=O)C(C)O2. The largest absolute Gasteiger partial charge is 0.479 e. The maximum absolute atomic E-state index is 12.7. The van der Waals surface area contributed by atoms with E-state index in [1.54, 1.807) is 49.4 Å². The van der Waals surface area contributed by atoms with Gasteiger partial charge >= 0.3 is 5.97 Å². The van der Waals surface area contributed by atoms with Gasteiger partial charge < -0.3 is 9.47 Å². The minimum atomic E-state index is -0.663. The molecule has 2 aromatic carbocycles. The molecule has 1 heterocycles. The van der Waals surface area contributed by atoms with Gasteiger partial charge in [0.1, 0.15) is 5.75 Å². The maximum Gasteiger partial charge on any atom is 0.337 e. The van der Waals surface area contributed by atoms with Crippen LogP contribution in [0.3, 0.4) is 0 Å². The number of amides is 1. The van der Waals surface area contributed by atoms with Crippen LogP contribution in [0.15, 0.2) is 42.5 Å². The molecule has 2 aromatic rings. The van der Waals surface area contributed by atoms with Crippen LogP contribution < -0.4 is 9.64 Å². The van der Waals surface area contributed by atoms with Gasteiger partial charge in [-0.3, -0.25) is 14.5 Å². The number of rotatable bonds is 3. The first-order valence-corrected chi connectivity index (χ1v) is 7.76. The monoisotopic (exact) mass is 339 g/mol. The quantitative estimate of drug-likeness (QED) is 0.634. The molecule has 3 rings (SSSR count). The molecule has 1 aliphatic heterocycles. The van der Waals surface area contributed by atoms with Crippen molar-refractivity contribution in [3.05, 3.63) is 53.6 Å². The van der Waals surface area contributed by atoms with E-state index in [0.29, 0.717) is 28.3 Å². The molecule has 128 valence electrons.